The van der Waals surface area contributed by atoms with Gasteiger partial charge in [-0.15, -0.1) is 0 Å². The number of carbonyl (C=O) groups excluding carboxylic acids is 2. The number of nitrogens with zero attached hydrogens (tertiary/aromatic N) is 1. The summed E-state index contributed by atoms with van der Waals surface area (Å²) in [5.41, 5.74) is 4.81. The lowest BCUT2D eigenvalue weighted by atomic mass is 10.1. The Kier molecular flexibility index (Phi) is 8.02. The molecule has 7 heteroatoms. The normalized spacial score (nSPS) is 10.9. The summed E-state index contributed by atoms with van der Waals surface area (Å²) < 4.78 is 10.5. The van der Waals surface area contributed by atoms with Gasteiger partial charge in [0.1, 0.15) is 11.5 Å². The summed E-state index contributed by atoms with van der Waals surface area (Å²) in [6, 6.07) is 14.9. The number of carbonyl (C=O) groups is 2. The average molecular weight is 383 g/mol. The molecule has 2 aromatic carbocycles. The van der Waals surface area contributed by atoms with Crippen molar-refractivity contribution in [2.75, 3.05) is 14.2 Å². The van der Waals surface area contributed by atoms with Crippen LogP contribution in [0.2, 0.25) is 0 Å². The summed E-state index contributed by atoms with van der Waals surface area (Å²) in [4.78, 5) is 23.8. The Morgan fingerprint density at radius 2 is 1.68 bits per heavy atom. The zero-order valence-electron chi connectivity index (χ0n) is 16.3. The standard InChI is InChI=1S/C21H25N3O4/c1-15(18-10-9-17(27-2)13-19(18)28-3)23-24-21(26)12-11-20(25)22-14-16-7-5-4-6-8-16/h4-10,13H,11-12,14H2,1-3H3,(H,22,25)(H,24,26). The number of methoxy groups -OCH3 is 2. The van der Waals surface area contributed by atoms with E-state index >= 15 is 0 Å². The maximum absolute atomic E-state index is 12.0. The van der Waals surface area contributed by atoms with Crippen molar-refractivity contribution in [3.8, 4) is 11.5 Å². The first kappa shape index (κ1) is 21.0. The van der Waals surface area contributed by atoms with Crippen LogP contribution in [0.25, 0.3) is 0 Å². The van der Waals surface area contributed by atoms with Crippen LogP contribution in [-0.4, -0.2) is 31.7 Å². The van der Waals surface area contributed by atoms with Crippen molar-refractivity contribution >= 4 is 17.5 Å². The molecule has 0 bridgehead atoms. The van der Waals surface area contributed by atoms with Gasteiger partial charge in [0.15, 0.2) is 0 Å². The largest absolute Gasteiger partial charge is 0.497 e. The fraction of sp³-hybridized carbons (Fsp3) is 0.286. The van der Waals surface area contributed by atoms with Crippen LogP contribution in [-0.2, 0) is 16.1 Å². The number of amides is 2. The van der Waals surface area contributed by atoms with Crippen LogP contribution in [0.1, 0.15) is 30.9 Å². The lowest BCUT2D eigenvalue weighted by Gasteiger charge is -2.10. The molecule has 0 aliphatic rings. The van der Waals surface area contributed by atoms with E-state index < -0.39 is 0 Å². The zero-order chi connectivity index (χ0) is 20.4. The second-order valence-corrected chi connectivity index (χ2v) is 6.06. The fourth-order valence-electron chi connectivity index (χ4n) is 2.47. The summed E-state index contributed by atoms with van der Waals surface area (Å²) in [6.07, 6.45) is 0.149. The van der Waals surface area contributed by atoms with E-state index in [-0.39, 0.29) is 24.7 Å². The molecule has 0 aromatic heterocycles. The minimum absolute atomic E-state index is 0.0527. The Hall–Kier alpha value is -3.35. The first-order chi connectivity index (χ1) is 13.5. The summed E-state index contributed by atoms with van der Waals surface area (Å²) in [5.74, 6) is 0.743. The predicted octanol–water partition coefficient (Wildman–Crippen LogP) is 2.64. The van der Waals surface area contributed by atoms with Gasteiger partial charge >= 0.3 is 0 Å². The van der Waals surface area contributed by atoms with Crippen LogP contribution in [0, 0.1) is 0 Å². The van der Waals surface area contributed by atoms with Gasteiger partial charge in [0.2, 0.25) is 11.8 Å². The SMILES string of the molecule is COc1ccc(C(C)=NNC(=O)CCC(=O)NCc2ccccc2)c(OC)c1. The van der Waals surface area contributed by atoms with Gasteiger partial charge < -0.3 is 14.8 Å². The molecule has 0 aliphatic heterocycles. The topological polar surface area (TPSA) is 89.0 Å². The molecule has 148 valence electrons. The highest BCUT2D eigenvalue weighted by molar-refractivity contribution is 6.01. The average Bonchev–Trinajstić information content (AvgIpc) is 2.74. The Morgan fingerprint density at radius 1 is 0.964 bits per heavy atom. The van der Waals surface area contributed by atoms with Crippen LogP contribution in [0.5, 0.6) is 11.5 Å². The van der Waals surface area contributed by atoms with Crippen molar-refractivity contribution in [1.29, 1.82) is 0 Å². The molecule has 2 aromatic rings. The molecule has 0 spiro atoms. The van der Waals surface area contributed by atoms with Crippen molar-refractivity contribution < 1.29 is 19.1 Å². The second-order valence-electron chi connectivity index (χ2n) is 6.06. The van der Waals surface area contributed by atoms with Gasteiger partial charge in [-0.1, -0.05) is 30.3 Å². The second kappa shape index (κ2) is 10.7. The molecule has 0 radical (unpaired) electrons. The van der Waals surface area contributed by atoms with E-state index in [9.17, 15) is 9.59 Å². The van der Waals surface area contributed by atoms with E-state index in [4.69, 9.17) is 9.47 Å². The van der Waals surface area contributed by atoms with Gasteiger partial charge in [-0.25, -0.2) is 5.43 Å². The number of benzene rings is 2. The molecule has 0 heterocycles. The van der Waals surface area contributed by atoms with Gasteiger partial charge in [-0.2, -0.15) is 5.10 Å². The monoisotopic (exact) mass is 383 g/mol. The van der Waals surface area contributed by atoms with Crippen molar-refractivity contribution in [3.05, 3.63) is 59.7 Å². The minimum Gasteiger partial charge on any atom is -0.497 e. The van der Waals surface area contributed by atoms with Gasteiger partial charge in [0.05, 0.1) is 19.9 Å². The highest BCUT2D eigenvalue weighted by Crippen LogP contribution is 2.25. The molecule has 0 fully saturated rings. The van der Waals surface area contributed by atoms with Crippen molar-refractivity contribution in [2.24, 2.45) is 5.10 Å². The van der Waals surface area contributed by atoms with E-state index in [1.165, 1.54) is 0 Å². The fourth-order valence-corrected chi connectivity index (χ4v) is 2.47. The van der Waals surface area contributed by atoms with E-state index in [1.807, 2.05) is 30.3 Å². The molecular formula is C21H25N3O4. The van der Waals surface area contributed by atoms with E-state index in [1.54, 1.807) is 39.3 Å². The molecule has 2 rings (SSSR count). The van der Waals surface area contributed by atoms with Gasteiger partial charge in [-0.05, 0) is 24.6 Å². The number of hydrazone groups is 1. The highest BCUT2D eigenvalue weighted by Gasteiger charge is 2.10. The molecule has 0 saturated heterocycles. The first-order valence-electron chi connectivity index (χ1n) is 8.89. The van der Waals surface area contributed by atoms with Gasteiger partial charge in [0.25, 0.3) is 0 Å². The third-order valence-electron chi connectivity index (χ3n) is 4.06. The van der Waals surface area contributed by atoms with Crippen LogP contribution < -0.4 is 20.2 Å². The lowest BCUT2D eigenvalue weighted by Crippen LogP contribution is -2.26. The lowest BCUT2D eigenvalue weighted by molar-refractivity contribution is -0.126. The van der Waals surface area contributed by atoms with Crippen LogP contribution in [0.15, 0.2) is 53.6 Å². The zero-order valence-corrected chi connectivity index (χ0v) is 16.3. The smallest absolute Gasteiger partial charge is 0.240 e. The van der Waals surface area contributed by atoms with E-state index in [0.29, 0.717) is 23.8 Å². The molecule has 0 aliphatic carbocycles. The van der Waals surface area contributed by atoms with Crippen LogP contribution >= 0.6 is 0 Å². The molecule has 2 amide bonds. The highest BCUT2D eigenvalue weighted by atomic mass is 16.5. The summed E-state index contributed by atoms with van der Waals surface area (Å²) in [6.45, 7) is 2.20. The third kappa shape index (κ3) is 6.42. The maximum Gasteiger partial charge on any atom is 0.240 e. The Labute approximate surface area is 164 Å². The molecule has 28 heavy (non-hydrogen) atoms. The molecule has 7 nitrogen and oxygen atoms in total. The molecule has 2 N–H and O–H groups in total. The molecule has 0 unspecified atom stereocenters. The van der Waals surface area contributed by atoms with Gasteiger partial charge in [0, 0.05) is 31.0 Å². The van der Waals surface area contributed by atoms with E-state index in [2.05, 4.69) is 15.8 Å². The summed E-state index contributed by atoms with van der Waals surface area (Å²) in [7, 11) is 3.13. The number of hydrogen-bond acceptors (Lipinski definition) is 5. The Balaban J connectivity index is 1.81. The third-order valence-corrected chi connectivity index (χ3v) is 4.06. The Morgan fingerprint density at radius 3 is 2.36 bits per heavy atom. The predicted molar refractivity (Wildman–Crippen MR) is 107 cm³/mol. The van der Waals surface area contributed by atoms with Crippen LogP contribution in [0.4, 0.5) is 0 Å². The number of nitrogens with one attached hydrogen (secondary N) is 2. The maximum atomic E-state index is 12.0. The summed E-state index contributed by atoms with van der Waals surface area (Å²) in [5, 5.41) is 6.88. The van der Waals surface area contributed by atoms with E-state index in [0.717, 1.165) is 11.1 Å². The van der Waals surface area contributed by atoms with Crippen LogP contribution in [0.3, 0.4) is 0 Å². The molecule has 0 saturated carbocycles. The Bertz CT molecular complexity index is 835. The van der Waals surface area contributed by atoms with Crippen molar-refractivity contribution in [3.63, 3.8) is 0 Å². The van der Waals surface area contributed by atoms with Crippen molar-refractivity contribution in [2.45, 2.75) is 26.3 Å². The summed E-state index contributed by atoms with van der Waals surface area (Å²) >= 11 is 0. The number of rotatable bonds is 9. The number of hydrogen-bond donors (Lipinski definition) is 2. The molecular weight excluding hydrogens is 358 g/mol. The van der Waals surface area contributed by atoms with Crippen molar-refractivity contribution in [1.82, 2.24) is 10.7 Å². The number of ether oxygens (including phenoxy) is 2. The van der Waals surface area contributed by atoms with Gasteiger partial charge in [-0.3, -0.25) is 9.59 Å². The quantitative estimate of drug-likeness (QED) is 0.515. The minimum atomic E-state index is -0.332. The molecule has 0 atom stereocenters. The first-order valence-corrected chi connectivity index (χ1v) is 8.89.